The maximum Gasteiger partial charge on any atom is 0.224 e. The van der Waals surface area contributed by atoms with Crippen molar-refractivity contribution in [2.24, 2.45) is 0 Å². The minimum absolute atomic E-state index is 0.0663. The summed E-state index contributed by atoms with van der Waals surface area (Å²) in [5.41, 5.74) is 2.61. The number of ether oxygens (including phenoxy) is 1. The number of hydrogen-bond donors (Lipinski definition) is 1. The minimum atomic E-state index is -0.0663. The van der Waals surface area contributed by atoms with E-state index in [1.54, 1.807) is 24.3 Å². The third kappa shape index (κ3) is 5.13. The van der Waals surface area contributed by atoms with Crippen LogP contribution in [0.2, 0.25) is 10.0 Å². The van der Waals surface area contributed by atoms with Crippen LogP contribution < -0.4 is 10.1 Å². The van der Waals surface area contributed by atoms with Gasteiger partial charge in [0.15, 0.2) is 0 Å². The van der Waals surface area contributed by atoms with E-state index in [1.807, 2.05) is 19.9 Å². The number of anilines is 1. The monoisotopic (exact) mass is 429 g/mol. The Hall–Kier alpha value is -1.23. The van der Waals surface area contributed by atoms with Gasteiger partial charge in [0, 0.05) is 22.2 Å². The third-order valence-corrected chi connectivity index (χ3v) is 5.28. The summed E-state index contributed by atoms with van der Waals surface area (Å²) in [6, 6.07) is 8.97. The van der Waals surface area contributed by atoms with E-state index in [1.165, 1.54) is 0 Å². The van der Waals surface area contributed by atoms with Crippen molar-refractivity contribution >= 4 is 50.7 Å². The zero-order valence-electron chi connectivity index (χ0n) is 13.5. The molecule has 128 valence electrons. The highest BCUT2D eigenvalue weighted by molar-refractivity contribution is 9.10. The number of benzene rings is 2. The van der Waals surface area contributed by atoms with Gasteiger partial charge in [-0.25, -0.2) is 0 Å². The molecule has 24 heavy (non-hydrogen) atoms. The first-order valence-electron chi connectivity index (χ1n) is 7.52. The van der Waals surface area contributed by atoms with Crippen molar-refractivity contribution in [1.82, 2.24) is 0 Å². The molecule has 0 bridgehead atoms. The molecule has 1 N–H and O–H groups in total. The lowest BCUT2D eigenvalue weighted by Crippen LogP contribution is -2.12. The zero-order chi connectivity index (χ0) is 17.7. The summed E-state index contributed by atoms with van der Waals surface area (Å²) in [6.45, 7) is 4.32. The Morgan fingerprint density at radius 3 is 2.71 bits per heavy atom. The van der Waals surface area contributed by atoms with Gasteiger partial charge < -0.3 is 10.1 Å². The molecule has 0 aliphatic rings. The molecule has 0 aliphatic carbocycles. The van der Waals surface area contributed by atoms with Gasteiger partial charge in [0.25, 0.3) is 0 Å². The molecule has 1 amide bonds. The number of hydrogen-bond acceptors (Lipinski definition) is 2. The number of carbonyl (C=O) groups excluding carboxylic acids is 1. The Kier molecular flexibility index (Phi) is 6.96. The first-order chi connectivity index (χ1) is 11.4. The average Bonchev–Trinajstić information content (AvgIpc) is 2.54. The number of aryl methyl sites for hydroxylation is 1. The van der Waals surface area contributed by atoms with Gasteiger partial charge >= 0.3 is 0 Å². The fourth-order valence-electron chi connectivity index (χ4n) is 2.21. The molecule has 6 heteroatoms. The Balaban J connectivity index is 1.82. The van der Waals surface area contributed by atoms with E-state index in [0.717, 1.165) is 26.4 Å². The zero-order valence-corrected chi connectivity index (χ0v) is 16.6. The lowest BCUT2D eigenvalue weighted by atomic mass is 10.1. The van der Waals surface area contributed by atoms with Crippen molar-refractivity contribution in [3.8, 4) is 5.75 Å². The second-order valence-corrected chi connectivity index (χ2v) is 7.06. The second-order valence-electron chi connectivity index (χ2n) is 5.46. The summed E-state index contributed by atoms with van der Waals surface area (Å²) in [4.78, 5) is 11.9. The molecule has 0 aliphatic heterocycles. The largest absolute Gasteiger partial charge is 0.492 e. The van der Waals surface area contributed by atoms with Crippen LogP contribution in [0.15, 0.2) is 34.8 Å². The van der Waals surface area contributed by atoms with Crippen molar-refractivity contribution in [2.45, 2.75) is 26.7 Å². The fraction of sp³-hybridized carbons (Fsp3) is 0.278. The van der Waals surface area contributed by atoms with Crippen molar-refractivity contribution in [1.29, 1.82) is 0 Å². The summed E-state index contributed by atoms with van der Waals surface area (Å²) in [7, 11) is 0. The molecular weight excluding hydrogens is 413 g/mol. The Morgan fingerprint density at radius 2 is 2.00 bits per heavy atom. The molecule has 2 aromatic carbocycles. The predicted molar refractivity (Wildman–Crippen MR) is 103 cm³/mol. The highest BCUT2D eigenvalue weighted by Gasteiger charge is 2.11. The third-order valence-electron chi connectivity index (χ3n) is 3.48. The lowest BCUT2D eigenvalue weighted by molar-refractivity contribution is -0.116. The number of carbonyl (C=O) groups is 1. The van der Waals surface area contributed by atoms with E-state index in [4.69, 9.17) is 27.9 Å². The van der Waals surface area contributed by atoms with Crippen LogP contribution in [-0.4, -0.2) is 12.5 Å². The first kappa shape index (κ1) is 19.1. The van der Waals surface area contributed by atoms with Gasteiger partial charge in [-0.05, 0) is 71.6 Å². The van der Waals surface area contributed by atoms with Crippen LogP contribution in [0.3, 0.4) is 0 Å². The predicted octanol–water partition coefficient (Wildman–Crippen LogP) is 6.17. The van der Waals surface area contributed by atoms with E-state index in [2.05, 4.69) is 21.2 Å². The van der Waals surface area contributed by atoms with E-state index in [9.17, 15) is 4.79 Å². The van der Waals surface area contributed by atoms with Crippen molar-refractivity contribution in [3.63, 3.8) is 0 Å². The summed E-state index contributed by atoms with van der Waals surface area (Å²) >= 11 is 15.6. The van der Waals surface area contributed by atoms with E-state index in [0.29, 0.717) is 30.2 Å². The molecule has 0 aromatic heterocycles. The Morgan fingerprint density at radius 1 is 1.25 bits per heavy atom. The fourth-order valence-corrected chi connectivity index (χ4v) is 3.09. The number of halogens is 3. The molecular formula is C18H18BrCl2NO2. The Labute approximate surface area is 160 Å². The van der Waals surface area contributed by atoms with Gasteiger partial charge in [0.2, 0.25) is 5.91 Å². The van der Waals surface area contributed by atoms with Crippen LogP contribution >= 0.6 is 39.1 Å². The molecule has 0 saturated heterocycles. The Bertz CT molecular complexity index is 750. The van der Waals surface area contributed by atoms with E-state index >= 15 is 0 Å². The van der Waals surface area contributed by atoms with E-state index < -0.39 is 0 Å². The summed E-state index contributed by atoms with van der Waals surface area (Å²) in [5, 5.41) is 4.14. The minimum Gasteiger partial charge on any atom is -0.492 e. The maximum atomic E-state index is 11.9. The topological polar surface area (TPSA) is 38.3 Å². The number of amides is 1. The van der Waals surface area contributed by atoms with Crippen LogP contribution in [0.25, 0.3) is 0 Å². The van der Waals surface area contributed by atoms with Crippen LogP contribution in [0.5, 0.6) is 5.75 Å². The maximum absolute atomic E-state index is 11.9. The normalized spacial score (nSPS) is 10.5. The number of nitrogens with one attached hydrogen (secondary N) is 1. The molecule has 0 saturated carbocycles. The second kappa shape index (κ2) is 8.75. The molecule has 2 rings (SSSR count). The summed E-state index contributed by atoms with van der Waals surface area (Å²) in [6.07, 6.45) is 0.981. The summed E-state index contributed by atoms with van der Waals surface area (Å²) in [5.74, 6) is 0.674. The molecule has 0 spiro atoms. The molecule has 2 aromatic rings. The van der Waals surface area contributed by atoms with Gasteiger partial charge in [0.05, 0.1) is 11.1 Å². The van der Waals surface area contributed by atoms with E-state index in [-0.39, 0.29) is 5.91 Å². The molecule has 0 atom stereocenters. The van der Waals surface area contributed by atoms with Crippen LogP contribution in [0.4, 0.5) is 5.69 Å². The first-order valence-corrected chi connectivity index (χ1v) is 9.07. The lowest BCUT2D eigenvalue weighted by Gasteiger charge is -2.13. The average molecular weight is 431 g/mol. The summed E-state index contributed by atoms with van der Waals surface area (Å²) < 4.78 is 6.62. The van der Waals surface area contributed by atoms with Crippen molar-refractivity contribution < 1.29 is 9.53 Å². The molecule has 0 radical (unpaired) electrons. The van der Waals surface area contributed by atoms with Crippen molar-refractivity contribution in [3.05, 3.63) is 56.0 Å². The van der Waals surface area contributed by atoms with Crippen LogP contribution in [0, 0.1) is 13.8 Å². The molecule has 0 heterocycles. The smallest absolute Gasteiger partial charge is 0.224 e. The SMILES string of the molecule is Cc1cc(OCCCC(=O)Nc2cccc(Cl)c2)c(Br)c(C)c1Cl. The van der Waals surface area contributed by atoms with Gasteiger partial charge in [-0.2, -0.15) is 0 Å². The highest BCUT2D eigenvalue weighted by atomic mass is 79.9. The molecule has 0 fully saturated rings. The van der Waals surface area contributed by atoms with Gasteiger partial charge in [-0.3, -0.25) is 4.79 Å². The van der Waals surface area contributed by atoms with Gasteiger partial charge in [-0.1, -0.05) is 29.3 Å². The van der Waals surface area contributed by atoms with Crippen LogP contribution in [0.1, 0.15) is 24.0 Å². The quantitative estimate of drug-likeness (QED) is 0.556. The van der Waals surface area contributed by atoms with Crippen LogP contribution in [-0.2, 0) is 4.79 Å². The van der Waals surface area contributed by atoms with Gasteiger partial charge in [0.1, 0.15) is 5.75 Å². The standard InChI is InChI=1S/C18H18BrCl2NO2/c1-11-9-15(17(19)12(2)18(11)21)24-8-4-7-16(23)22-14-6-3-5-13(20)10-14/h3,5-6,9-10H,4,7-8H2,1-2H3,(H,22,23). The van der Waals surface area contributed by atoms with Crippen molar-refractivity contribution in [2.75, 3.05) is 11.9 Å². The van der Waals surface area contributed by atoms with Gasteiger partial charge in [-0.15, -0.1) is 0 Å². The number of rotatable bonds is 6. The molecule has 0 unspecified atom stereocenters. The highest BCUT2D eigenvalue weighted by Crippen LogP contribution is 2.35. The molecule has 3 nitrogen and oxygen atoms in total.